The molecule has 1 heterocycles. The molecule has 1 saturated heterocycles. The van der Waals surface area contributed by atoms with E-state index in [1.807, 2.05) is 24.0 Å². The molecule has 148 valence electrons. The number of ether oxygens (including phenoxy) is 1. The van der Waals surface area contributed by atoms with Crippen molar-refractivity contribution in [3.63, 3.8) is 0 Å². The highest BCUT2D eigenvalue weighted by molar-refractivity contribution is 14.0. The van der Waals surface area contributed by atoms with E-state index < -0.39 is 14.6 Å². The van der Waals surface area contributed by atoms with Gasteiger partial charge >= 0.3 is 0 Å². The lowest BCUT2D eigenvalue weighted by atomic mass is 10.2. The molecule has 1 atom stereocenters. The number of hydrogen-bond acceptors (Lipinski definition) is 4. The first-order valence-electron chi connectivity index (χ1n) is 8.25. The monoisotopic (exact) mass is 515 g/mol. The predicted molar refractivity (Wildman–Crippen MR) is 118 cm³/mol. The van der Waals surface area contributed by atoms with E-state index in [-0.39, 0.29) is 35.8 Å². The van der Waals surface area contributed by atoms with Gasteiger partial charge in [-0.15, -0.1) is 24.0 Å². The molecule has 1 aromatic rings. The van der Waals surface area contributed by atoms with Crippen molar-refractivity contribution in [1.29, 1.82) is 0 Å². The van der Waals surface area contributed by atoms with Gasteiger partial charge in [0.05, 0.1) is 17.0 Å². The molecule has 1 fully saturated rings. The Kier molecular flexibility index (Phi) is 8.47. The minimum absolute atomic E-state index is 0. The van der Waals surface area contributed by atoms with Gasteiger partial charge in [-0.25, -0.2) is 8.42 Å². The zero-order valence-electron chi connectivity index (χ0n) is 15.5. The number of rotatable bonds is 4. The van der Waals surface area contributed by atoms with Gasteiger partial charge in [-0.3, -0.25) is 4.99 Å². The zero-order chi connectivity index (χ0) is 18.7. The van der Waals surface area contributed by atoms with Crippen LogP contribution in [0.5, 0.6) is 5.75 Å². The average Bonchev–Trinajstić information content (AvgIpc) is 2.51. The summed E-state index contributed by atoms with van der Waals surface area (Å²) in [6, 6.07) is 7.26. The van der Waals surface area contributed by atoms with Gasteiger partial charge in [0.2, 0.25) is 0 Å². The summed E-state index contributed by atoms with van der Waals surface area (Å²) in [5.74, 6) is 1.53. The Morgan fingerprint density at radius 2 is 2.15 bits per heavy atom. The first-order valence-corrected chi connectivity index (χ1v) is 10.3. The second-order valence-electron chi connectivity index (χ2n) is 6.81. The lowest BCUT2D eigenvalue weighted by molar-refractivity contribution is 0.221. The number of nitrogens with zero attached hydrogens (tertiary/aromatic N) is 2. The van der Waals surface area contributed by atoms with Crippen LogP contribution in [-0.4, -0.2) is 62.6 Å². The molecular weight excluding hydrogens is 489 g/mol. The number of guanidine groups is 1. The number of aliphatic imine (C=N–C) groups is 1. The van der Waals surface area contributed by atoms with Gasteiger partial charge in [0.25, 0.3) is 0 Å². The quantitative estimate of drug-likeness (QED) is 0.379. The minimum atomic E-state index is -3.07. The molecule has 0 saturated carbocycles. The smallest absolute Gasteiger partial charge is 0.193 e. The molecule has 1 aliphatic rings. The van der Waals surface area contributed by atoms with Crippen molar-refractivity contribution in [1.82, 2.24) is 10.2 Å². The molecule has 9 heteroatoms. The average molecular weight is 516 g/mol. The summed E-state index contributed by atoms with van der Waals surface area (Å²) in [6.07, 6.45) is -0.100. The van der Waals surface area contributed by atoms with Crippen LogP contribution in [0.1, 0.15) is 20.8 Å². The van der Waals surface area contributed by atoms with Crippen LogP contribution >= 0.6 is 35.6 Å². The van der Waals surface area contributed by atoms with E-state index in [0.717, 1.165) is 0 Å². The first-order chi connectivity index (χ1) is 11.6. The van der Waals surface area contributed by atoms with Crippen molar-refractivity contribution in [2.24, 2.45) is 4.99 Å². The van der Waals surface area contributed by atoms with Crippen molar-refractivity contribution in [3.8, 4) is 5.75 Å². The maximum absolute atomic E-state index is 12.1. The third-order valence-corrected chi connectivity index (χ3v) is 7.00. The molecule has 26 heavy (non-hydrogen) atoms. The highest BCUT2D eigenvalue weighted by Crippen LogP contribution is 2.23. The summed E-state index contributed by atoms with van der Waals surface area (Å²) in [5.41, 5.74) is 0. The fraction of sp³-hybridized carbons (Fsp3) is 0.588. The largest absolute Gasteiger partial charge is 0.489 e. The van der Waals surface area contributed by atoms with Gasteiger partial charge in [0, 0.05) is 25.2 Å². The van der Waals surface area contributed by atoms with E-state index in [9.17, 15) is 8.42 Å². The molecule has 1 aromatic carbocycles. The summed E-state index contributed by atoms with van der Waals surface area (Å²) in [5, 5.41) is 3.89. The molecule has 0 amide bonds. The van der Waals surface area contributed by atoms with Crippen LogP contribution in [0.4, 0.5) is 0 Å². The maximum atomic E-state index is 12.1. The van der Waals surface area contributed by atoms with E-state index in [1.165, 1.54) is 0 Å². The molecular formula is C17H27ClIN3O3S. The van der Waals surface area contributed by atoms with Gasteiger partial charge in [0.1, 0.15) is 11.9 Å². The molecule has 1 N–H and O–H groups in total. The van der Waals surface area contributed by atoms with Crippen LogP contribution in [0.2, 0.25) is 5.02 Å². The van der Waals surface area contributed by atoms with Gasteiger partial charge in [-0.05, 0) is 39.0 Å². The second-order valence-corrected chi connectivity index (χ2v) is 9.99. The summed E-state index contributed by atoms with van der Waals surface area (Å²) in [7, 11) is -1.38. The number of nitrogens with one attached hydrogen (secondary N) is 1. The Hall–Kier alpha value is -0.740. The Bertz CT molecular complexity index is 741. The summed E-state index contributed by atoms with van der Waals surface area (Å²) in [6.45, 7) is 6.86. The van der Waals surface area contributed by atoms with Crippen LogP contribution in [0.15, 0.2) is 29.3 Å². The van der Waals surface area contributed by atoms with Gasteiger partial charge < -0.3 is 15.0 Å². The number of halogens is 2. The molecule has 6 nitrogen and oxygen atoms in total. The van der Waals surface area contributed by atoms with Crippen molar-refractivity contribution in [3.05, 3.63) is 29.3 Å². The number of benzene rings is 1. The van der Waals surface area contributed by atoms with Gasteiger partial charge in [-0.1, -0.05) is 17.7 Å². The van der Waals surface area contributed by atoms with E-state index in [1.54, 1.807) is 33.0 Å². The molecule has 0 spiro atoms. The third kappa shape index (κ3) is 5.88. The van der Waals surface area contributed by atoms with Crippen molar-refractivity contribution in [2.75, 3.05) is 32.4 Å². The molecule has 1 unspecified atom stereocenters. The van der Waals surface area contributed by atoms with Crippen LogP contribution in [0, 0.1) is 0 Å². The third-order valence-electron chi connectivity index (χ3n) is 4.24. The summed E-state index contributed by atoms with van der Waals surface area (Å²) >= 11 is 5.96. The Labute approximate surface area is 178 Å². The molecule has 0 aromatic heterocycles. The Balaban J connectivity index is 0.00000338. The standard InChI is InChI=1S/C17H26ClN3O3S.HI/c1-13(24-15-7-5-6-14(18)10-15)11-20-16(19-4)21-8-9-25(22,23)17(2,3)12-21;/h5-7,10,13H,8-9,11-12H2,1-4H3,(H,19,20);1H. The van der Waals surface area contributed by atoms with Crippen molar-refractivity contribution in [2.45, 2.75) is 31.6 Å². The van der Waals surface area contributed by atoms with E-state index in [0.29, 0.717) is 36.4 Å². The van der Waals surface area contributed by atoms with E-state index in [2.05, 4.69) is 10.3 Å². The number of sulfone groups is 1. The topological polar surface area (TPSA) is 71.0 Å². The first kappa shape index (κ1) is 23.3. The molecule has 0 bridgehead atoms. The highest BCUT2D eigenvalue weighted by Gasteiger charge is 2.40. The van der Waals surface area contributed by atoms with Crippen LogP contribution in [0.25, 0.3) is 0 Å². The molecule has 0 aliphatic carbocycles. The Morgan fingerprint density at radius 1 is 1.46 bits per heavy atom. The highest BCUT2D eigenvalue weighted by atomic mass is 127. The SMILES string of the molecule is CN=C(NCC(C)Oc1cccc(Cl)c1)N1CCS(=O)(=O)C(C)(C)C1.I. The predicted octanol–water partition coefficient (Wildman–Crippen LogP) is 2.81. The number of hydrogen-bond donors (Lipinski definition) is 1. The van der Waals surface area contributed by atoms with Crippen molar-refractivity contribution < 1.29 is 13.2 Å². The normalized spacial score (nSPS) is 20.0. The minimum Gasteiger partial charge on any atom is -0.489 e. The van der Waals surface area contributed by atoms with Crippen LogP contribution in [0.3, 0.4) is 0 Å². The molecule has 0 radical (unpaired) electrons. The summed E-state index contributed by atoms with van der Waals surface area (Å²) in [4.78, 5) is 6.26. The fourth-order valence-electron chi connectivity index (χ4n) is 2.71. The van der Waals surface area contributed by atoms with Gasteiger partial charge in [-0.2, -0.15) is 0 Å². The maximum Gasteiger partial charge on any atom is 0.193 e. The van der Waals surface area contributed by atoms with Crippen LogP contribution in [-0.2, 0) is 9.84 Å². The molecule has 2 rings (SSSR count). The summed E-state index contributed by atoms with van der Waals surface area (Å²) < 4.78 is 29.3. The lowest BCUT2D eigenvalue weighted by Gasteiger charge is -2.39. The van der Waals surface area contributed by atoms with Gasteiger partial charge in [0.15, 0.2) is 15.8 Å². The lowest BCUT2D eigenvalue weighted by Crippen LogP contribution is -2.57. The molecule has 1 aliphatic heterocycles. The fourth-order valence-corrected chi connectivity index (χ4v) is 4.25. The zero-order valence-corrected chi connectivity index (χ0v) is 19.4. The second kappa shape index (κ2) is 9.45. The van der Waals surface area contributed by atoms with E-state index >= 15 is 0 Å². The van der Waals surface area contributed by atoms with Crippen molar-refractivity contribution >= 4 is 51.4 Å². The van der Waals surface area contributed by atoms with E-state index in [4.69, 9.17) is 16.3 Å². The van der Waals surface area contributed by atoms with Crippen LogP contribution < -0.4 is 10.1 Å². The Morgan fingerprint density at radius 3 is 2.73 bits per heavy atom.